The number of carbonyl (C=O) groups is 3. The van der Waals surface area contributed by atoms with Crippen molar-refractivity contribution >= 4 is 23.7 Å². The molecule has 7 nitrogen and oxygen atoms in total. The molecule has 0 saturated carbocycles. The smallest absolute Gasteiger partial charge is 0.335 e. The fourth-order valence-corrected chi connectivity index (χ4v) is 1.66. The first-order valence-corrected chi connectivity index (χ1v) is 6.06. The van der Waals surface area contributed by atoms with Gasteiger partial charge in [0, 0.05) is 18.8 Å². The number of hydrogen-bond acceptors (Lipinski definition) is 3. The van der Waals surface area contributed by atoms with Crippen molar-refractivity contribution in [3.8, 4) is 0 Å². The second kappa shape index (κ2) is 6.55. The zero-order valence-electron chi connectivity index (χ0n) is 11.2. The number of carbonyl (C=O) groups excluding carboxylic acids is 1. The maximum Gasteiger partial charge on any atom is 0.335 e. The Hall–Kier alpha value is -2.57. The van der Waals surface area contributed by atoms with E-state index in [0.717, 1.165) is 6.07 Å². The van der Waals surface area contributed by atoms with Gasteiger partial charge in [-0.05, 0) is 32.0 Å². The maximum absolute atomic E-state index is 11.9. The van der Waals surface area contributed by atoms with Crippen LogP contribution in [0.2, 0.25) is 0 Å². The lowest BCUT2D eigenvalue weighted by molar-refractivity contribution is 0.0696. The molecule has 0 heterocycles. The summed E-state index contributed by atoms with van der Waals surface area (Å²) in [5.74, 6) is -2.52. The molecular formula is C13H16N2O5. The van der Waals surface area contributed by atoms with Gasteiger partial charge >= 0.3 is 18.0 Å². The molecule has 2 amide bonds. The molecule has 1 aromatic carbocycles. The summed E-state index contributed by atoms with van der Waals surface area (Å²) in [5.41, 5.74) is -0.251. The minimum atomic E-state index is -1.26. The summed E-state index contributed by atoms with van der Waals surface area (Å²) in [6, 6.07) is 3.07. The summed E-state index contributed by atoms with van der Waals surface area (Å²) in [4.78, 5) is 35.2. The van der Waals surface area contributed by atoms with E-state index in [-0.39, 0.29) is 16.8 Å². The van der Waals surface area contributed by atoms with Crippen LogP contribution in [0.5, 0.6) is 0 Å². The molecule has 0 unspecified atom stereocenters. The van der Waals surface area contributed by atoms with Gasteiger partial charge in [-0.2, -0.15) is 0 Å². The standard InChI is InChI=1S/C13H16N2O5/c1-3-15(4-2)13(20)14-10-6-8(11(16)17)5-9(7-10)12(18)19/h5-7H,3-4H2,1-2H3,(H,14,20)(H,16,17)(H,18,19). The fraction of sp³-hybridized carbons (Fsp3) is 0.308. The van der Waals surface area contributed by atoms with E-state index in [1.165, 1.54) is 17.0 Å². The number of urea groups is 1. The molecule has 20 heavy (non-hydrogen) atoms. The maximum atomic E-state index is 11.9. The van der Waals surface area contributed by atoms with Crippen LogP contribution in [-0.2, 0) is 0 Å². The number of aromatic carboxylic acids is 2. The van der Waals surface area contributed by atoms with Crippen molar-refractivity contribution < 1.29 is 24.6 Å². The Balaban J connectivity index is 3.08. The molecule has 0 aliphatic carbocycles. The van der Waals surface area contributed by atoms with E-state index in [4.69, 9.17) is 10.2 Å². The van der Waals surface area contributed by atoms with Crippen molar-refractivity contribution in [1.82, 2.24) is 4.90 Å². The molecule has 7 heteroatoms. The highest BCUT2D eigenvalue weighted by Crippen LogP contribution is 2.16. The fourth-order valence-electron chi connectivity index (χ4n) is 1.66. The van der Waals surface area contributed by atoms with E-state index in [2.05, 4.69) is 5.32 Å². The number of nitrogens with zero attached hydrogens (tertiary/aromatic N) is 1. The van der Waals surface area contributed by atoms with E-state index in [9.17, 15) is 14.4 Å². The number of benzene rings is 1. The molecule has 0 saturated heterocycles. The van der Waals surface area contributed by atoms with Crippen LogP contribution < -0.4 is 5.32 Å². The van der Waals surface area contributed by atoms with Crippen molar-refractivity contribution in [2.75, 3.05) is 18.4 Å². The molecule has 1 aromatic rings. The Morgan fingerprint density at radius 1 is 1.00 bits per heavy atom. The molecule has 3 N–H and O–H groups in total. The van der Waals surface area contributed by atoms with Crippen LogP contribution in [0.4, 0.5) is 10.5 Å². The van der Waals surface area contributed by atoms with E-state index in [1.807, 2.05) is 0 Å². The van der Waals surface area contributed by atoms with E-state index < -0.39 is 18.0 Å². The number of carboxylic acids is 2. The Labute approximate surface area is 115 Å². The summed E-state index contributed by atoms with van der Waals surface area (Å²) in [6.07, 6.45) is 0. The second-order valence-corrected chi connectivity index (χ2v) is 4.01. The average Bonchev–Trinajstić information content (AvgIpc) is 2.39. The molecule has 0 aromatic heterocycles. The number of nitrogens with one attached hydrogen (secondary N) is 1. The third-order valence-corrected chi connectivity index (χ3v) is 2.73. The molecule has 0 atom stereocenters. The summed E-state index contributed by atoms with van der Waals surface area (Å²) >= 11 is 0. The van der Waals surface area contributed by atoms with Crippen LogP contribution in [0, 0.1) is 0 Å². The van der Waals surface area contributed by atoms with Gasteiger partial charge in [-0.15, -0.1) is 0 Å². The largest absolute Gasteiger partial charge is 0.478 e. The van der Waals surface area contributed by atoms with Crippen LogP contribution in [0.25, 0.3) is 0 Å². The lowest BCUT2D eigenvalue weighted by atomic mass is 10.1. The highest BCUT2D eigenvalue weighted by atomic mass is 16.4. The third-order valence-electron chi connectivity index (χ3n) is 2.73. The number of rotatable bonds is 5. The average molecular weight is 280 g/mol. The van der Waals surface area contributed by atoms with E-state index >= 15 is 0 Å². The number of carboxylic acid groups (broad SMARTS) is 2. The Morgan fingerprint density at radius 3 is 1.80 bits per heavy atom. The highest BCUT2D eigenvalue weighted by Gasteiger charge is 2.14. The second-order valence-electron chi connectivity index (χ2n) is 4.01. The van der Waals surface area contributed by atoms with Gasteiger partial charge in [-0.1, -0.05) is 0 Å². The van der Waals surface area contributed by atoms with Gasteiger partial charge in [0.05, 0.1) is 11.1 Å². The summed E-state index contributed by atoms with van der Waals surface area (Å²) < 4.78 is 0. The molecule has 0 bridgehead atoms. The van der Waals surface area contributed by atoms with Crippen LogP contribution in [-0.4, -0.2) is 46.2 Å². The third kappa shape index (κ3) is 3.71. The zero-order chi connectivity index (χ0) is 15.3. The Bertz CT molecular complexity index is 505. The first-order chi connectivity index (χ1) is 9.38. The summed E-state index contributed by atoms with van der Waals surface area (Å²) in [6.45, 7) is 4.60. The molecule has 1 rings (SSSR count). The topological polar surface area (TPSA) is 107 Å². The lowest BCUT2D eigenvalue weighted by Gasteiger charge is -2.19. The minimum Gasteiger partial charge on any atom is -0.478 e. The molecule has 108 valence electrons. The van der Waals surface area contributed by atoms with Crippen LogP contribution in [0.3, 0.4) is 0 Å². The number of amides is 2. The van der Waals surface area contributed by atoms with Gasteiger partial charge < -0.3 is 20.4 Å². The lowest BCUT2D eigenvalue weighted by Crippen LogP contribution is -2.34. The first-order valence-electron chi connectivity index (χ1n) is 6.06. The molecule has 0 aliphatic heterocycles. The Kier molecular flexibility index (Phi) is 5.08. The molecular weight excluding hydrogens is 264 g/mol. The summed E-state index contributed by atoms with van der Waals surface area (Å²) in [5, 5.41) is 20.4. The molecule has 0 radical (unpaired) electrons. The van der Waals surface area contributed by atoms with Gasteiger partial charge in [0.1, 0.15) is 0 Å². The van der Waals surface area contributed by atoms with Crippen molar-refractivity contribution in [1.29, 1.82) is 0 Å². The van der Waals surface area contributed by atoms with Gasteiger partial charge in [0.2, 0.25) is 0 Å². The highest BCUT2D eigenvalue weighted by molar-refractivity contribution is 5.98. The number of anilines is 1. The normalized spacial score (nSPS) is 9.90. The minimum absolute atomic E-state index is 0.138. The SMILES string of the molecule is CCN(CC)C(=O)Nc1cc(C(=O)O)cc(C(=O)O)c1. The van der Waals surface area contributed by atoms with Crippen LogP contribution in [0.1, 0.15) is 34.6 Å². The van der Waals surface area contributed by atoms with Crippen LogP contribution in [0.15, 0.2) is 18.2 Å². The van der Waals surface area contributed by atoms with Crippen molar-refractivity contribution in [2.45, 2.75) is 13.8 Å². The Morgan fingerprint density at radius 2 is 1.45 bits per heavy atom. The van der Waals surface area contributed by atoms with Crippen LogP contribution >= 0.6 is 0 Å². The van der Waals surface area contributed by atoms with Crippen molar-refractivity contribution in [3.05, 3.63) is 29.3 Å². The van der Waals surface area contributed by atoms with Gasteiger partial charge in [-0.3, -0.25) is 0 Å². The molecule has 0 spiro atoms. The van der Waals surface area contributed by atoms with E-state index in [0.29, 0.717) is 13.1 Å². The predicted octanol–water partition coefficient (Wildman–Crippen LogP) is 1.96. The first kappa shape index (κ1) is 15.5. The zero-order valence-corrected chi connectivity index (χ0v) is 11.2. The van der Waals surface area contributed by atoms with Crippen molar-refractivity contribution in [3.63, 3.8) is 0 Å². The predicted molar refractivity (Wildman–Crippen MR) is 72.3 cm³/mol. The quantitative estimate of drug-likeness (QED) is 0.764. The monoisotopic (exact) mass is 280 g/mol. The van der Waals surface area contributed by atoms with Gasteiger partial charge in [0.25, 0.3) is 0 Å². The van der Waals surface area contributed by atoms with Gasteiger partial charge in [0.15, 0.2) is 0 Å². The summed E-state index contributed by atoms with van der Waals surface area (Å²) in [7, 11) is 0. The molecule has 0 fully saturated rings. The van der Waals surface area contributed by atoms with E-state index in [1.54, 1.807) is 13.8 Å². The van der Waals surface area contributed by atoms with Gasteiger partial charge in [-0.25, -0.2) is 14.4 Å². The number of hydrogen-bond donors (Lipinski definition) is 3. The van der Waals surface area contributed by atoms with Crippen molar-refractivity contribution in [2.24, 2.45) is 0 Å². The molecule has 0 aliphatic rings.